The number of aromatic nitrogens is 1. The third kappa shape index (κ3) is 2.15. The van der Waals surface area contributed by atoms with Crippen molar-refractivity contribution in [1.29, 1.82) is 5.26 Å². The summed E-state index contributed by atoms with van der Waals surface area (Å²) in [5, 5.41) is 9.00. The Balaban J connectivity index is 2.20. The van der Waals surface area contributed by atoms with Crippen LogP contribution in [0.3, 0.4) is 0 Å². The van der Waals surface area contributed by atoms with Crippen LogP contribution in [0.2, 0.25) is 0 Å². The molecule has 1 aliphatic rings. The van der Waals surface area contributed by atoms with Gasteiger partial charge in [-0.15, -0.1) is 0 Å². The van der Waals surface area contributed by atoms with Gasteiger partial charge in [0.2, 0.25) is 0 Å². The first-order valence-electron chi connectivity index (χ1n) is 5.56. The van der Waals surface area contributed by atoms with Crippen molar-refractivity contribution in [3.63, 3.8) is 0 Å². The maximum atomic E-state index is 9.00. The highest BCUT2D eigenvalue weighted by Gasteiger charge is 2.21. The molecule has 0 amide bonds. The van der Waals surface area contributed by atoms with Crippen LogP contribution in [0.4, 0.5) is 5.69 Å². The second-order valence-electron chi connectivity index (χ2n) is 3.83. The zero-order chi connectivity index (χ0) is 11.4. The minimum absolute atomic E-state index is 0.264. The molecule has 2 rings (SSSR count). The first kappa shape index (κ1) is 10.9. The van der Waals surface area contributed by atoms with Crippen molar-refractivity contribution in [3.8, 4) is 6.07 Å². The molecular formula is C12H15N3O. The predicted octanol–water partition coefficient (Wildman–Crippen LogP) is 1.57. The topological polar surface area (TPSA) is 49.2 Å². The highest BCUT2D eigenvalue weighted by Crippen LogP contribution is 2.20. The normalized spacial score (nSPS) is 20.5. The summed E-state index contributed by atoms with van der Waals surface area (Å²) in [5.41, 5.74) is 1.42. The number of nitriles is 1. The Morgan fingerprint density at radius 3 is 3.31 bits per heavy atom. The van der Waals surface area contributed by atoms with Crippen LogP contribution in [0.15, 0.2) is 18.3 Å². The van der Waals surface area contributed by atoms with E-state index in [1.54, 1.807) is 6.20 Å². The van der Waals surface area contributed by atoms with Crippen molar-refractivity contribution in [2.24, 2.45) is 0 Å². The molecule has 1 unspecified atom stereocenters. The first-order chi connectivity index (χ1) is 7.85. The number of rotatable bonds is 2. The van der Waals surface area contributed by atoms with Crippen LogP contribution in [0.1, 0.15) is 19.0 Å². The number of morpholine rings is 1. The molecule has 1 fully saturated rings. The molecule has 4 nitrogen and oxygen atoms in total. The molecule has 0 saturated carbocycles. The van der Waals surface area contributed by atoms with E-state index in [-0.39, 0.29) is 6.10 Å². The van der Waals surface area contributed by atoms with E-state index < -0.39 is 0 Å². The molecule has 0 bridgehead atoms. The molecule has 0 N–H and O–H groups in total. The smallest absolute Gasteiger partial charge is 0.163 e. The quantitative estimate of drug-likeness (QED) is 0.754. The van der Waals surface area contributed by atoms with E-state index in [0.29, 0.717) is 5.69 Å². The van der Waals surface area contributed by atoms with Gasteiger partial charge in [-0.2, -0.15) is 5.26 Å². The summed E-state index contributed by atoms with van der Waals surface area (Å²) in [5.74, 6) is 0. The number of nitrogens with zero attached hydrogens (tertiary/aromatic N) is 3. The second kappa shape index (κ2) is 4.95. The summed E-state index contributed by atoms with van der Waals surface area (Å²) >= 11 is 0. The summed E-state index contributed by atoms with van der Waals surface area (Å²) < 4.78 is 5.61. The van der Waals surface area contributed by atoms with Crippen LogP contribution in [0.25, 0.3) is 0 Å². The van der Waals surface area contributed by atoms with Crippen LogP contribution in [0.5, 0.6) is 0 Å². The molecule has 0 spiro atoms. The summed E-state index contributed by atoms with van der Waals surface area (Å²) in [7, 11) is 0. The van der Waals surface area contributed by atoms with Crippen molar-refractivity contribution in [2.45, 2.75) is 19.4 Å². The second-order valence-corrected chi connectivity index (χ2v) is 3.83. The van der Waals surface area contributed by atoms with Crippen molar-refractivity contribution in [1.82, 2.24) is 4.98 Å². The molecular weight excluding hydrogens is 202 g/mol. The monoisotopic (exact) mass is 217 g/mol. The Bertz CT molecular complexity index is 399. The van der Waals surface area contributed by atoms with Crippen LogP contribution < -0.4 is 4.90 Å². The average molecular weight is 217 g/mol. The predicted molar refractivity (Wildman–Crippen MR) is 61.2 cm³/mol. The lowest BCUT2D eigenvalue weighted by atomic mass is 10.2. The van der Waals surface area contributed by atoms with Crippen LogP contribution in [-0.2, 0) is 4.74 Å². The highest BCUT2D eigenvalue weighted by atomic mass is 16.5. The van der Waals surface area contributed by atoms with E-state index >= 15 is 0 Å². The minimum Gasteiger partial charge on any atom is -0.375 e. The molecule has 1 saturated heterocycles. The molecule has 0 radical (unpaired) electrons. The van der Waals surface area contributed by atoms with E-state index in [1.807, 2.05) is 12.1 Å². The lowest BCUT2D eigenvalue weighted by molar-refractivity contribution is 0.0384. The van der Waals surface area contributed by atoms with Gasteiger partial charge in [0.1, 0.15) is 6.07 Å². The molecule has 4 heteroatoms. The SMILES string of the molecule is CCC1CN(c2cccnc2C#N)CCO1. The molecule has 1 aliphatic heterocycles. The molecule has 0 aliphatic carbocycles. The first-order valence-corrected chi connectivity index (χ1v) is 5.56. The minimum atomic E-state index is 0.264. The fourth-order valence-electron chi connectivity index (χ4n) is 1.92. The molecule has 1 aromatic heterocycles. The van der Waals surface area contributed by atoms with E-state index in [0.717, 1.165) is 31.8 Å². The fourth-order valence-corrected chi connectivity index (χ4v) is 1.92. The van der Waals surface area contributed by atoms with Gasteiger partial charge in [0.05, 0.1) is 18.4 Å². The van der Waals surface area contributed by atoms with Gasteiger partial charge in [0.15, 0.2) is 5.69 Å². The third-order valence-electron chi connectivity index (χ3n) is 2.83. The Hall–Kier alpha value is -1.60. The number of ether oxygens (including phenoxy) is 1. The Kier molecular flexibility index (Phi) is 3.37. The lowest BCUT2D eigenvalue weighted by Crippen LogP contribution is -2.42. The number of anilines is 1. The van der Waals surface area contributed by atoms with E-state index in [1.165, 1.54) is 0 Å². The molecule has 16 heavy (non-hydrogen) atoms. The van der Waals surface area contributed by atoms with Crippen molar-refractivity contribution < 1.29 is 4.74 Å². The van der Waals surface area contributed by atoms with E-state index in [9.17, 15) is 0 Å². The fraction of sp³-hybridized carbons (Fsp3) is 0.500. The molecule has 84 valence electrons. The van der Waals surface area contributed by atoms with Crippen LogP contribution >= 0.6 is 0 Å². The molecule has 2 heterocycles. The zero-order valence-electron chi connectivity index (χ0n) is 9.39. The van der Waals surface area contributed by atoms with Gasteiger partial charge in [-0.05, 0) is 18.6 Å². The third-order valence-corrected chi connectivity index (χ3v) is 2.83. The lowest BCUT2D eigenvalue weighted by Gasteiger charge is -2.34. The Morgan fingerprint density at radius 2 is 2.56 bits per heavy atom. The zero-order valence-corrected chi connectivity index (χ0v) is 9.39. The summed E-state index contributed by atoms with van der Waals surface area (Å²) in [6, 6.07) is 5.95. The number of hydrogen-bond donors (Lipinski definition) is 0. The number of pyridine rings is 1. The Labute approximate surface area is 95.5 Å². The van der Waals surface area contributed by atoms with Gasteiger partial charge in [0, 0.05) is 19.3 Å². The van der Waals surface area contributed by atoms with E-state index in [2.05, 4.69) is 22.9 Å². The summed E-state index contributed by atoms with van der Waals surface area (Å²) in [6.45, 7) is 4.51. The largest absolute Gasteiger partial charge is 0.375 e. The van der Waals surface area contributed by atoms with Gasteiger partial charge >= 0.3 is 0 Å². The summed E-state index contributed by atoms with van der Waals surface area (Å²) in [4.78, 5) is 6.26. The van der Waals surface area contributed by atoms with E-state index in [4.69, 9.17) is 10.00 Å². The molecule has 0 aromatic carbocycles. The molecule has 1 aromatic rings. The summed E-state index contributed by atoms with van der Waals surface area (Å²) in [6.07, 6.45) is 2.92. The van der Waals surface area contributed by atoms with Gasteiger partial charge in [0.25, 0.3) is 0 Å². The van der Waals surface area contributed by atoms with Crippen molar-refractivity contribution in [3.05, 3.63) is 24.0 Å². The van der Waals surface area contributed by atoms with Gasteiger partial charge in [-0.25, -0.2) is 4.98 Å². The van der Waals surface area contributed by atoms with Crippen molar-refractivity contribution in [2.75, 3.05) is 24.6 Å². The number of hydrogen-bond acceptors (Lipinski definition) is 4. The van der Waals surface area contributed by atoms with Crippen LogP contribution in [-0.4, -0.2) is 30.8 Å². The Morgan fingerprint density at radius 1 is 1.69 bits per heavy atom. The van der Waals surface area contributed by atoms with Gasteiger partial charge in [-0.1, -0.05) is 6.92 Å². The maximum Gasteiger partial charge on any atom is 0.163 e. The van der Waals surface area contributed by atoms with Crippen LogP contribution in [0, 0.1) is 11.3 Å². The standard InChI is InChI=1S/C12H15N3O/c1-2-10-9-15(6-7-16-10)12-4-3-5-14-11(12)8-13/h3-5,10H,2,6-7,9H2,1H3. The van der Waals surface area contributed by atoms with Crippen molar-refractivity contribution >= 4 is 5.69 Å². The average Bonchev–Trinajstić information content (AvgIpc) is 2.38. The van der Waals surface area contributed by atoms with Gasteiger partial charge < -0.3 is 9.64 Å². The highest BCUT2D eigenvalue weighted by molar-refractivity contribution is 5.55. The van der Waals surface area contributed by atoms with Gasteiger partial charge in [-0.3, -0.25) is 0 Å². The molecule has 1 atom stereocenters. The maximum absolute atomic E-state index is 9.00.